The highest BCUT2D eigenvalue weighted by molar-refractivity contribution is 7.91. The molecule has 4 rings (SSSR count). The number of allylic oxidation sites excluding steroid dienone is 2. The Kier molecular flexibility index (Phi) is 5.20. The van der Waals surface area contributed by atoms with Crippen molar-refractivity contribution in [3.63, 3.8) is 0 Å². The summed E-state index contributed by atoms with van der Waals surface area (Å²) < 4.78 is 23.1. The summed E-state index contributed by atoms with van der Waals surface area (Å²) in [6.07, 6.45) is 5.78. The molecule has 28 heavy (non-hydrogen) atoms. The predicted octanol–water partition coefficient (Wildman–Crippen LogP) is -0.217. The van der Waals surface area contributed by atoms with Crippen molar-refractivity contribution in [2.24, 2.45) is 34.6 Å². The van der Waals surface area contributed by atoms with E-state index in [0.29, 0.717) is 38.6 Å². The van der Waals surface area contributed by atoms with Crippen LogP contribution in [0, 0.1) is 29.6 Å². The Hall–Kier alpha value is -1.90. The molecule has 5 atom stereocenters. The first kappa shape index (κ1) is 19.4. The molecule has 2 amide bonds. The maximum atomic E-state index is 12.7. The molecule has 154 valence electrons. The van der Waals surface area contributed by atoms with Crippen molar-refractivity contribution < 1.29 is 18.0 Å². The highest BCUT2D eigenvalue weighted by atomic mass is 32.2. The van der Waals surface area contributed by atoms with E-state index in [9.17, 15) is 18.0 Å². The minimum atomic E-state index is -2.90. The number of likely N-dealkylation sites (tertiary alicyclic amines) is 1. The average Bonchev–Trinajstić information content (AvgIpc) is 3.39. The molecule has 9 heteroatoms. The molecular formula is C19H28N4O4S. The zero-order valence-corrected chi connectivity index (χ0v) is 17.0. The van der Waals surface area contributed by atoms with Crippen molar-refractivity contribution in [3.8, 4) is 0 Å². The van der Waals surface area contributed by atoms with Crippen molar-refractivity contribution in [1.29, 1.82) is 0 Å². The van der Waals surface area contributed by atoms with Crippen molar-refractivity contribution in [3.05, 3.63) is 12.2 Å². The Morgan fingerprint density at radius 1 is 1.18 bits per heavy atom. The van der Waals surface area contributed by atoms with E-state index >= 15 is 0 Å². The van der Waals surface area contributed by atoms with Crippen LogP contribution in [0.25, 0.3) is 0 Å². The first-order valence-electron chi connectivity index (χ1n) is 10.2. The molecule has 0 aromatic heterocycles. The fourth-order valence-electron chi connectivity index (χ4n) is 5.05. The summed E-state index contributed by atoms with van der Waals surface area (Å²) in [7, 11) is -2.90. The van der Waals surface area contributed by atoms with Crippen LogP contribution in [0.2, 0.25) is 0 Å². The zero-order chi connectivity index (χ0) is 19.9. The third-order valence-corrected chi connectivity index (χ3v) is 8.21. The molecule has 5 unspecified atom stereocenters. The van der Waals surface area contributed by atoms with Crippen LogP contribution in [0.3, 0.4) is 0 Å². The van der Waals surface area contributed by atoms with Gasteiger partial charge in [-0.1, -0.05) is 12.2 Å². The molecule has 2 saturated heterocycles. The predicted molar refractivity (Wildman–Crippen MR) is 105 cm³/mol. The van der Waals surface area contributed by atoms with Gasteiger partial charge < -0.3 is 10.6 Å². The summed E-state index contributed by atoms with van der Waals surface area (Å²) in [6.45, 7) is 3.83. The molecule has 2 aliphatic carbocycles. The Labute approximate surface area is 165 Å². The van der Waals surface area contributed by atoms with Gasteiger partial charge in [0, 0.05) is 26.2 Å². The zero-order valence-electron chi connectivity index (χ0n) is 16.1. The fraction of sp³-hybridized carbons (Fsp3) is 0.737. The second-order valence-electron chi connectivity index (χ2n) is 8.24. The fourth-order valence-corrected chi connectivity index (χ4v) is 6.90. The number of sulfone groups is 1. The van der Waals surface area contributed by atoms with Crippen LogP contribution in [0.1, 0.15) is 19.8 Å². The first-order valence-corrected chi connectivity index (χ1v) is 12.0. The van der Waals surface area contributed by atoms with Crippen LogP contribution in [-0.2, 0) is 19.4 Å². The molecule has 2 N–H and O–H groups in total. The second-order valence-corrected chi connectivity index (χ2v) is 10.5. The van der Waals surface area contributed by atoms with E-state index < -0.39 is 9.84 Å². The topological polar surface area (TPSA) is 108 Å². The van der Waals surface area contributed by atoms with Gasteiger partial charge in [0.15, 0.2) is 15.8 Å². The van der Waals surface area contributed by atoms with Gasteiger partial charge in [-0.05, 0) is 37.5 Å². The van der Waals surface area contributed by atoms with E-state index in [4.69, 9.17) is 0 Å². The van der Waals surface area contributed by atoms with Crippen LogP contribution in [0.15, 0.2) is 17.1 Å². The highest BCUT2D eigenvalue weighted by Crippen LogP contribution is 2.52. The minimum absolute atomic E-state index is 0.0354. The third kappa shape index (κ3) is 3.56. The molecule has 0 aromatic rings. The number of nitrogens with one attached hydrogen (secondary N) is 2. The molecule has 0 radical (unpaired) electrons. The molecule has 2 bridgehead atoms. The van der Waals surface area contributed by atoms with Gasteiger partial charge in [0.25, 0.3) is 0 Å². The number of hydrogen-bond acceptors (Lipinski definition) is 5. The lowest BCUT2D eigenvalue weighted by Crippen LogP contribution is -2.44. The van der Waals surface area contributed by atoms with Crippen LogP contribution < -0.4 is 10.6 Å². The minimum Gasteiger partial charge on any atom is -0.357 e. The lowest BCUT2D eigenvalue weighted by molar-refractivity contribution is -0.140. The molecule has 0 aromatic carbocycles. The van der Waals surface area contributed by atoms with Gasteiger partial charge in [-0.25, -0.2) is 8.42 Å². The second kappa shape index (κ2) is 7.50. The van der Waals surface area contributed by atoms with E-state index in [0.717, 1.165) is 6.42 Å². The summed E-state index contributed by atoms with van der Waals surface area (Å²) in [6, 6.07) is 0. The maximum absolute atomic E-state index is 12.7. The molecule has 2 aliphatic heterocycles. The number of imide groups is 1. The van der Waals surface area contributed by atoms with Crippen LogP contribution in [0.4, 0.5) is 0 Å². The monoisotopic (exact) mass is 408 g/mol. The van der Waals surface area contributed by atoms with Gasteiger partial charge in [0.05, 0.1) is 23.3 Å². The number of nitrogens with zero attached hydrogens (tertiary/aromatic N) is 2. The standard InChI is InChI=1S/C19H28N4O4S/c1-2-20-19(22-10-12-5-8-28(26,27)11-12)21-6-7-23-17(24)15-13-3-4-14(9-13)16(15)18(23)25/h3-4,12-16H,2,5-11H2,1H3,(H2,20,21,22). The molecular weight excluding hydrogens is 380 g/mol. The summed E-state index contributed by atoms with van der Waals surface area (Å²) in [4.78, 5) is 31.3. The highest BCUT2D eigenvalue weighted by Gasteiger charge is 2.58. The van der Waals surface area contributed by atoms with Gasteiger partial charge in [-0.2, -0.15) is 0 Å². The van der Waals surface area contributed by atoms with Gasteiger partial charge in [0.1, 0.15) is 0 Å². The number of rotatable bonds is 6. The summed E-state index contributed by atoms with van der Waals surface area (Å²) in [5, 5.41) is 6.30. The molecule has 4 aliphatic rings. The van der Waals surface area contributed by atoms with E-state index in [1.54, 1.807) is 0 Å². The van der Waals surface area contributed by atoms with Crippen molar-refractivity contribution >= 4 is 27.6 Å². The molecule has 1 saturated carbocycles. The maximum Gasteiger partial charge on any atom is 0.233 e. The summed E-state index contributed by atoms with van der Waals surface area (Å²) in [5.41, 5.74) is 0. The van der Waals surface area contributed by atoms with E-state index in [2.05, 4.69) is 27.8 Å². The Morgan fingerprint density at radius 3 is 2.43 bits per heavy atom. The number of aliphatic imine (C=N–C) groups is 1. The lowest BCUT2D eigenvalue weighted by atomic mass is 9.85. The molecule has 0 spiro atoms. The van der Waals surface area contributed by atoms with E-state index in [-0.39, 0.29) is 52.9 Å². The average molecular weight is 409 g/mol. The Balaban J connectivity index is 1.30. The van der Waals surface area contributed by atoms with E-state index in [1.165, 1.54) is 4.90 Å². The van der Waals surface area contributed by atoms with Crippen LogP contribution >= 0.6 is 0 Å². The quantitative estimate of drug-likeness (QED) is 0.272. The summed E-state index contributed by atoms with van der Waals surface area (Å²) in [5.74, 6) is 1.16. The van der Waals surface area contributed by atoms with Gasteiger partial charge in [-0.3, -0.25) is 19.5 Å². The first-order chi connectivity index (χ1) is 13.4. The van der Waals surface area contributed by atoms with Crippen molar-refractivity contribution in [1.82, 2.24) is 15.5 Å². The van der Waals surface area contributed by atoms with Gasteiger partial charge in [-0.15, -0.1) is 0 Å². The van der Waals surface area contributed by atoms with Gasteiger partial charge in [0.2, 0.25) is 11.8 Å². The SMILES string of the molecule is CCNC(=NCC1CCS(=O)(=O)C1)NCCN1C(=O)C2C3C=CC(C3)C2C1=O. The van der Waals surface area contributed by atoms with E-state index in [1.807, 2.05) is 6.92 Å². The molecule has 2 heterocycles. The van der Waals surface area contributed by atoms with Crippen LogP contribution in [-0.4, -0.2) is 68.8 Å². The number of hydrogen-bond donors (Lipinski definition) is 2. The van der Waals surface area contributed by atoms with Crippen LogP contribution in [0.5, 0.6) is 0 Å². The number of amides is 2. The number of carbonyl (C=O) groups is 2. The Morgan fingerprint density at radius 2 is 1.86 bits per heavy atom. The third-order valence-electron chi connectivity index (χ3n) is 6.37. The molecule has 8 nitrogen and oxygen atoms in total. The molecule has 3 fully saturated rings. The van der Waals surface area contributed by atoms with Gasteiger partial charge >= 0.3 is 0 Å². The number of carbonyl (C=O) groups excluding carboxylic acids is 2. The van der Waals surface area contributed by atoms with Crippen molar-refractivity contribution in [2.75, 3.05) is 37.7 Å². The smallest absolute Gasteiger partial charge is 0.233 e. The normalized spacial score (nSPS) is 35.7. The number of guanidine groups is 1. The summed E-state index contributed by atoms with van der Waals surface area (Å²) >= 11 is 0. The lowest BCUT2D eigenvalue weighted by Gasteiger charge is -2.19. The van der Waals surface area contributed by atoms with Crippen molar-refractivity contribution in [2.45, 2.75) is 19.8 Å². The Bertz CT molecular complexity index is 792. The number of fused-ring (bicyclic) bond motifs is 5. The largest absolute Gasteiger partial charge is 0.357 e.